The van der Waals surface area contributed by atoms with E-state index >= 15 is 0 Å². The van der Waals surface area contributed by atoms with Crippen LogP contribution in [0.4, 0.5) is 0 Å². The molecule has 0 N–H and O–H groups in total. The summed E-state index contributed by atoms with van der Waals surface area (Å²) in [5.74, 6) is 1.79. The molecule has 2 aromatic heterocycles. The van der Waals surface area contributed by atoms with Crippen LogP contribution in [0, 0.1) is 13.8 Å². The van der Waals surface area contributed by atoms with Crippen molar-refractivity contribution in [3.63, 3.8) is 0 Å². The fourth-order valence-electron chi connectivity index (χ4n) is 2.30. The van der Waals surface area contributed by atoms with Gasteiger partial charge >= 0.3 is 0 Å². The number of hydrogen-bond acceptors (Lipinski definition) is 5. The summed E-state index contributed by atoms with van der Waals surface area (Å²) < 4.78 is 1.82. The van der Waals surface area contributed by atoms with Crippen LogP contribution in [-0.2, 0) is 0 Å². The van der Waals surface area contributed by atoms with Gasteiger partial charge in [0.2, 0.25) is 5.16 Å². The van der Waals surface area contributed by atoms with Crippen molar-refractivity contribution in [2.24, 2.45) is 0 Å². The quantitative estimate of drug-likeness (QED) is 0.620. The van der Waals surface area contributed by atoms with Gasteiger partial charge in [0, 0.05) is 21.5 Å². The zero-order valence-electron chi connectivity index (χ0n) is 13.6. The molecule has 23 heavy (non-hydrogen) atoms. The van der Waals surface area contributed by atoms with Gasteiger partial charge < -0.3 is 0 Å². The lowest BCUT2D eigenvalue weighted by Gasteiger charge is -2.08. The predicted molar refractivity (Wildman–Crippen MR) is 97.4 cm³/mol. The van der Waals surface area contributed by atoms with Crippen molar-refractivity contribution in [1.82, 2.24) is 19.6 Å². The first kappa shape index (κ1) is 16.3. The molecule has 0 aliphatic rings. The van der Waals surface area contributed by atoms with Crippen molar-refractivity contribution in [3.05, 3.63) is 47.8 Å². The summed E-state index contributed by atoms with van der Waals surface area (Å²) in [6.45, 7) is 6.25. The third kappa shape index (κ3) is 4.26. The molecule has 0 radical (unpaired) electrons. The highest BCUT2D eigenvalue weighted by atomic mass is 32.2. The van der Waals surface area contributed by atoms with E-state index in [0.29, 0.717) is 11.0 Å². The monoisotopic (exact) mass is 344 g/mol. The average Bonchev–Trinajstić information content (AvgIpc) is 2.91. The lowest BCUT2D eigenvalue weighted by atomic mass is 10.4. The Labute approximate surface area is 145 Å². The zero-order valence-corrected chi connectivity index (χ0v) is 15.2. The Kier molecular flexibility index (Phi) is 5.23. The number of nitrogens with zero attached hydrogens (tertiary/aromatic N) is 4. The topological polar surface area (TPSA) is 43.1 Å². The summed E-state index contributed by atoms with van der Waals surface area (Å²) in [5.41, 5.74) is 2.05. The van der Waals surface area contributed by atoms with Crippen LogP contribution in [0.5, 0.6) is 0 Å². The van der Waals surface area contributed by atoms with E-state index in [4.69, 9.17) is 0 Å². The standard InChI is InChI=1S/C17H20N4S2/c1-12-11-13(2)21-16(18-12)19-17(20-21)23-14(3)9-10-22-15-7-5-4-6-8-15/h4-8,11,14H,9-10H2,1-3H3. The minimum atomic E-state index is 0.477. The zero-order chi connectivity index (χ0) is 16.2. The second-order valence-electron chi connectivity index (χ2n) is 5.52. The van der Waals surface area contributed by atoms with E-state index in [1.165, 1.54) is 4.90 Å². The minimum absolute atomic E-state index is 0.477. The van der Waals surface area contributed by atoms with E-state index in [0.717, 1.165) is 28.7 Å². The van der Waals surface area contributed by atoms with Crippen molar-refractivity contribution in [2.75, 3.05) is 5.75 Å². The maximum absolute atomic E-state index is 4.56. The highest BCUT2D eigenvalue weighted by Crippen LogP contribution is 2.26. The highest BCUT2D eigenvalue weighted by molar-refractivity contribution is 8.00. The summed E-state index contributed by atoms with van der Waals surface area (Å²) in [5, 5.41) is 5.84. The Morgan fingerprint density at radius 3 is 2.70 bits per heavy atom. The van der Waals surface area contributed by atoms with E-state index in [9.17, 15) is 0 Å². The summed E-state index contributed by atoms with van der Waals surface area (Å²) in [7, 11) is 0. The number of fused-ring (bicyclic) bond motifs is 1. The molecule has 0 aliphatic heterocycles. The smallest absolute Gasteiger partial charge is 0.216 e. The van der Waals surface area contributed by atoms with E-state index in [-0.39, 0.29) is 0 Å². The van der Waals surface area contributed by atoms with Crippen molar-refractivity contribution >= 4 is 29.3 Å². The molecular formula is C17H20N4S2. The Bertz CT molecular complexity index is 786. The largest absolute Gasteiger partial charge is 0.253 e. The normalized spacial score (nSPS) is 12.7. The van der Waals surface area contributed by atoms with Crippen LogP contribution in [0.3, 0.4) is 0 Å². The Morgan fingerprint density at radius 2 is 1.91 bits per heavy atom. The molecular weight excluding hydrogens is 324 g/mol. The number of aromatic nitrogens is 4. The number of aryl methyl sites for hydroxylation is 2. The first-order valence-corrected chi connectivity index (χ1v) is 9.54. The Hall–Kier alpha value is -1.53. The molecule has 0 fully saturated rings. The highest BCUT2D eigenvalue weighted by Gasteiger charge is 2.12. The Morgan fingerprint density at radius 1 is 1.13 bits per heavy atom. The van der Waals surface area contributed by atoms with Gasteiger partial charge in [0.05, 0.1) is 0 Å². The van der Waals surface area contributed by atoms with Gasteiger partial charge in [0.1, 0.15) is 0 Å². The molecule has 3 aromatic rings. The summed E-state index contributed by atoms with van der Waals surface area (Å²) in [6, 6.07) is 12.5. The van der Waals surface area contributed by atoms with Gasteiger partial charge in [-0.1, -0.05) is 36.9 Å². The third-order valence-electron chi connectivity index (χ3n) is 3.44. The van der Waals surface area contributed by atoms with E-state index in [1.807, 2.05) is 36.2 Å². The van der Waals surface area contributed by atoms with Gasteiger partial charge in [0.15, 0.2) is 0 Å². The molecule has 6 heteroatoms. The lowest BCUT2D eigenvalue weighted by Crippen LogP contribution is -1.99. The lowest BCUT2D eigenvalue weighted by molar-refractivity contribution is 0.835. The number of rotatable bonds is 6. The maximum atomic E-state index is 4.56. The molecule has 0 amide bonds. The summed E-state index contributed by atoms with van der Waals surface area (Å²) in [4.78, 5) is 10.3. The summed E-state index contributed by atoms with van der Waals surface area (Å²) in [6.07, 6.45) is 1.12. The van der Waals surface area contributed by atoms with E-state index in [1.54, 1.807) is 11.8 Å². The maximum Gasteiger partial charge on any atom is 0.253 e. The van der Waals surface area contributed by atoms with Gasteiger partial charge in [-0.2, -0.15) is 4.98 Å². The molecule has 1 atom stereocenters. The first-order chi connectivity index (χ1) is 11.1. The minimum Gasteiger partial charge on any atom is -0.216 e. The SMILES string of the molecule is Cc1cc(C)n2nc(SC(C)CCSc3ccccc3)nc2n1. The number of benzene rings is 1. The molecule has 1 unspecified atom stereocenters. The molecule has 3 rings (SSSR count). The van der Waals surface area contributed by atoms with Gasteiger partial charge in [-0.25, -0.2) is 9.50 Å². The second-order valence-corrected chi connectivity index (χ2v) is 8.10. The molecule has 120 valence electrons. The molecule has 0 saturated heterocycles. The van der Waals surface area contributed by atoms with Crippen LogP contribution < -0.4 is 0 Å². The van der Waals surface area contributed by atoms with Crippen LogP contribution in [0.1, 0.15) is 24.7 Å². The molecule has 4 nitrogen and oxygen atoms in total. The second kappa shape index (κ2) is 7.36. The van der Waals surface area contributed by atoms with Crippen molar-refractivity contribution in [1.29, 1.82) is 0 Å². The fourth-order valence-corrected chi connectivity index (χ4v) is 4.36. The van der Waals surface area contributed by atoms with Crippen molar-refractivity contribution in [2.45, 2.75) is 42.5 Å². The first-order valence-electron chi connectivity index (χ1n) is 7.67. The molecule has 0 saturated carbocycles. The fraction of sp³-hybridized carbons (Fsp3) is 0.353. The van der Waals surface area contributed by atoms with Gasteiger partial charge in [-0.05, 0) is 44.2 Å². The van der Waals surface area contributed by atoms with Crippen LogP contribution in [0.25, 0.3) is 5.78 Å². The summed E-state index contributed by atoms with van der Waals surface area (Å²) >= 11 is 3.62. The molecule has 0 bridgehead atoms. The van der Waals surface area contributed by atoms with Crippen molar-refractivity contribution < 1.29 is 0 Å². The van der Waals surface area contributed by atoms with Crippen LogP contribution in [0.15, 0.2) is 46.5 Å². The van der Waals surface area contributed by atoms with E-state index in [2.05, 4.69) is 52.3 Å². The Balaban J connectivity index is 1.57. The number of thioether (sulfide) groups is 2. The van der Waals surface area contributed by atoms with Gasteiger partial charge in [0.25, 0.3) is 5.78 Å². The van der Waals surface area contributed by atoms with Gasteiger partial charge in [-0.15, -0.1) is 16.9 Å². The molecule has 0 aliphatic carbocycles. The van der Waals surface area contributed by atoms with Gasteiger partial charge in [-0.3, -0.25) is 0 Å². The molecule has 0 spiro atoms. The third-order valence-corrected chi connectivity index (χ3v) is 5.51. The van der Waals surface area contributed by atoms with Crippen LogP contribution >= 0.6 is 23.5 Å². The average molecular weight is 345 g/mol. The molecule has 1 aromatic carbocycles. The van der Waals surface area contributed by atoms with Crippen LogP contribution in [-0.4, -0.2) is 30.6 Å². The van der Waals surface area contributed by atoms with Crippen LogP contribution in [0.2, 0.25) is 0 Å². The van der Waals surface area contributed by atoms with E-state index < -0.39 is 0 Å². The predicted octanol–water partition coefficient (Wildman–Crippen LogP) is 4.40. The molecule has 2 heterocycles. The number of hydrogen-bond donors (Lipinski definition) is 0. The van der Waals surface area contributed by atoms with Crippen molar-refractivity contribution in [3.8, 4) is 0 Å².